The summed E-state index contributed by atoms with van der Waals surface area (Å²) in [7, 11) is 0. The van der Waals surface area contributed by atoms with Gasteiger partial charge in [0.05, 0.1) is 13.2 Å². The lowest BCUT2D eigenvalue weighted by Gasteiger charge is -2.38. The Morgan fingerprint density at radius 1 is 0.647 bits per heavy atom. The van der Waals surface area contributed by atoms with Crippen LogP contribution in [0.1, 0.15) is 117 Å². The molecule has 0 atom stereocenters. The smallest absolute Gasteiger partial charge is 0.204 e. The van der Waals surface area contributed by atoms with Crippen LogP contribution >= 0.6 is 0 Å². The lowest BCUT2D eigenvalue weighted by molar-refractivity contribution is 0.120. The number of unbranched alkanes of at least 4 members (excludes halogenated alkanes) is 5. The Bertz CT molecular complexity index is 691. The molecule has 0 aromatic heterocycles. The Morgan fingerprint density at radius 2 is 1.18 bits per heavy atom. The Labute approximate surface area is 207 Å². The third kappa shape index (κ3) is 8.41. The quantitative estimate of drug-likeness (QED) is 0.248. The summed E-state index contributed by atoms with van der Waals surface area (Å²) < 4.78 is 39.8. The van der Waals surface area contributed by atoms with Gasteiger partial charge in [0, 0.05) is 0 Å². The fourth-order valence-electron chi connectivity index (χ4n) is 6.08. The van der Waals surface area contributed by atoms with Gasteiger partial charge in [0.25, 0.3) is 0 Å². The van der Waals surface area contributed by atoms with Crippen molar-refractivity contribution in [2.45, 2.75) is 117 Å². The molecule has 0 heterocycles. The molecule has 4 heteroatoms. The first-order chi connectivity index (χ1) is 16.6. The topological polar surface area (TPSA) is 18.5 Å². The van der Waals surface area contributed by atoms with E-state index in [0.29, 0.717) is 19.1 Å². The highest BCUT2D eigenvalue weighted by atomic mass is 19.2. The maximum Gasteiger partial charge on any atom is 0.204 e. The molecule has 3 rings (SSSR count). The summed E-state index contributed by atoms with van der Waals surface area (Å²) in [6, 6.07) is 3.00. The fourth-order valence-corrected chi connectivity index (χ4v) is 6.08. The Balaban J connectivity index is 1.33. The van der Waals surface area contributed by atoms with Gasteiger partial charge in [-0.1, -0.05) is 71.6 Å². The minimum absolute atomic E-state index is 0.00971. The average Bonchev–Trinajstić information content (AvgIpc) is 2.87. The van der Waals surface area contributed by atoms with E-state index in [2.05, 4.69) is 6.92 Å². The summed E-state index contributed by atoms with van der Waals surface area (Å²) in [6.45, 7) is 5.19. The first-order valence-corrected chi connectivity index (χ1v) is 14.4. The normalized spacial score (nSPS) is 25.3. The van der Waals surface area contributed by atoms with Gasteiger partial charge >= 0.3 is 0 Å². The molecule has 34 heavy (non-hydrogen) atoms. The van der Waals surface area contributed by atoms with Crippen LogP contribution in [0.15, 0.2) is 12.1 Å². The van der Waals surface area contributed by atoms with Gasteiger partial charge in [0.2, 0.25) is 11.6 Å². The van der Waals surface area contributed by atoms with Crippen molar-refractivity contribution in [1.82, 2.24) is 0 Å². The largest absolute Gasteiger partial charge is 0.490 e. The van der Waals surface area contributed by atoms with Gasteiger partial charge in [-0.05, 0) is 80.8 Å². The van der Waals surface area contributed by atoms with Gasteiger partial charge < -0.3 is 9.47 Å². The van der Waals surface area contributed by atoms with E-state index in [1.165, 1.54) is 89.2 Å². The van der Waals surface area contributed by atoms with Crippen molar-refractivity contribution in [1.29, 1.82) is 0 Å². The van der Waals surface area contributed by atoms with Crippen LogP contribution in [-0.2, 0) is 0 Å². The van der Waals surface area contributed by atoms with Gasteiger partial charge in [0.15, 0.2) is 11.5 Å². The second-order valence-electron chi connectivity index (χ2n) is 11.0. The number of rotatable bonds is 14. The standard InChI is InChI=1S/C30H48F2O2/c1-3-5-7-8-9-10-23-11-15-25(16-12-23)26-17-13-24(14-18-26)22-34-28-20-19-27(29(31)30(28)32)33-21-6-4-2/h19-20,23-26H,3-18,21-22H2,1-2H3/t23-,24?,25-,26?. The summed E-state index contributed by atoms with van der Waals surface area (Å²) in [4.78, 5) is 0. The molecule has 0 aliphatic heterocycles. The van der Waals surface area contributed by atoms with Gasteiger partial charge in [-0.15, -0.1) is 0 Å². The molecule has 2 aliphatic carbocycles. The number of hydrogen-bond acceptors (Lipinski definition) is 2. The highest BCUT2D eigenvalue weighted by Crippen LogP contribution is 2.42. The maximum atomic E-state index is 14.4. The molecule has 0 saturated heterocycles. The van der Waals surface area contributed by atoms with Crippen molar-refractivity contribution in [2.24, 2.45) is 23.7 Å². The Morgan fingerprint density at radius 3 is 1.76 bits per heavy atom. The van der Waals surface area contributed by atoms with Crippen LogP contribution in [0.3, 0.4) is 0 Å². The molecule has 1 aromatic carbocycles. The lowest BCUT2D eigenvalue weighted by atomic mass is 9.69. The van der Waals surface area contributed by atoms with Crippen LogP contribution in [-0.4, -0.2) is 13.2 Å². The molecule has 2 aliphatic rings. The third-order valence-electron chi connectivity index (χ3n) is 8.41. The molecule has 0 N–H and O–H groups in total. The highest BCUT2D eigenvalue weighted by molar-refractivity contribution is 5.35. The first-order valence-electron chi connectivity index (χ1n) is 14.4. The summed E-state index contributed by atoms with van der Waals surface area (Å²) >= 11 is 0. The first kappa shape index (κ1) is 27.3. The zero-order valence-corrected chi connectivity index (χ0v) is 21.8. The van der Waals surface area contributed by atoms with E-state index in [-0.39, 0.29) is 11.5 Å². The molecule has 0 spiro atoms. The van der Waals surface area contributed by atoms with Gasteiger partial charge in [-0.2, -0.15) is 8.78 Å². The molecule has 0 radical (unpaired) electrons. The van der Waals surface area contributed by atoms with Crippen molar-refractivity contribution >= 4 is 0 Å². The lowest BCUT2D eigenvalue weighted by Crippen LogP contribution is -2.27. The molecular weight excluding hydrogens is 430 g/mol. The summed E-state index contributed by atoms with van der Waals surface area (Å²) in [6.07, 6.45) is 20.7. The minimum Gasteiger partial charge on any atom is -0.490 e. The van der Waals surface area contributed by atoms with Gasteiger partial charge in [0.1, 0.15) is 0 Å². The Kier molecular flexibility index (Phi) is 12.0. The predicted octanol–water partition coefficient (Wildman–Crippen LogP) is 9.50. The van der Waals surface area contributed by atoms with Crippen molar-refractivity contribution in [3.63, 3.8) is 0 Å². The summed E-state index contributed by atoms with van der Waals surface area (Å²) in [5, 5.41) is 0. The molecule has 2 fully saturated rings. The van der Waals surface area contributed by atoms with Crippen LogP contribution in [0.4, 0.5) is 8.78 Å². The van der Waals surface area contributed by atoms with Crippen molar-refractivity contribution < 1.29 is 18.3 Å². The second-order valence-corrected chi connectivity index (χ2v) is 11.0. The second kappa shape index (κ2) is 14.9. The summed E-state index contributed by atoms with van der Waals surface area (Å²) in [5.41, 5.74) is 0. The SMILES string of the molecule is CCCCCCC[C@H]1CC[C@H](C2CCC(COc3ccc(OCCCC)c(F)c3F)CC2)CC1. The van der Waals surface area contributed by atoms with Crippen molar-refractivity contribution in [3.8, 4) is 11.5 Å². The monoisotopic (exact) mass is 478 g/mol. The zero-order valence-electron chi connectivity index (χ0n) is 21.8. The number of ether oxygens (including phenoxy) is 2. The van der Waals surface area contributed by atoms with Gasteiger partial charge in [-0.25, -0.2) is 0 Å². The van der Waals surface area contributed by atoms with E-state index in [0.717, 1.165) is 43.4 Å². The third-order valence-corrected chi connectivity index (χ3v) is 8.41. The number of benzene rings is 1. The molecule has 2 nitrogen and oxygen atoms in total. The van der Waals surface area contributed by atoms with E-state index in [1.807, 2.05) is 6.92 Å². The number of halogens is 2. The van der Waals surface area contributed by atoms with E-state index in [4.69, 9.17) is 9.47 Å². The molecule has 194 valence electrons. The molecule has 2 saturated carbocycles. The molecule has 1 aromatic rings. The van der Waals surface area contributed by atoms with E-state index in [9.17, 15) is 8.78 Å². The zero-order chi connectivity index (χ0) is 24.2. The van der Waals surface area contributed by atoms with Gasteiger partial charge in [-0.3, -0.25) is 0 Å². The highest BCUT2D eigenvalue weighted by Gasteiger charge is 2.31. The van der Waals surface area contributed by atoms with E-state index in [1.54, 1.807) is 0 Å². The fraction of sp³-hybridized carbons (Fsp3) is 0.800. The van der Waals surface area contributed by atoms with Crippen molar-refractivity contribution in [3.05, 3.63) is 23.8 Å². The number of hydrogen-bond donors (Lipinski definition) is 0. The molecule has 0 unspecified atom stereocenters. The van der Waals surface area contributed by atoms with Crippen LogP contribution in [0.5, 0.6) is 11.5 Å². The maximum absolute atomic E-state index is 14.4. The van der Waals surface area contributed by atoms with Crippen LogP contribution in [0.25, 0.3) is 0 Å². The van der Waals surface area contributed by atoms with E-state index < -0.39 is 11.6 Å². The van der Waals surface area contributed by atoms with Crippen LogP contribution in [0.2, 0.25) is 0 Å². The minimum atomic E-state index is -0.936. The van der Waals surface area contributed by atoms with E-state index >= 15 is 0 Å². The van der Waals surface area contributed by atoms with Crippen molar-refractivity contribution in [2.75, 3.05) is 13.2 Å². The molecule has 0 amide bonds. The molecule has 0 bridgehead atoms. The predicted molar refractivity (Wildman–Crippen MR) is 137 cm³/mol. The average molecular weight is 479 g/mol. The Hall–Kier alpha value is -1.32. The molecular formula is C30H48F2O2. The van der Waals surface area contributed by atoms with Crippen LogP contribution < -0.4 is 9.47 Å². The summed E-state index contributed by atoms with van der Waals surface area (Å²) in [5.74, 6) is 1.31. The van der Waals surface area contributed by atoms with Crippen LogP contribution in [0, 0.1) is 35.3 Å².